The van der Waals surface area contributed by atoms with Crippen molar-refractivity contribution in [2.24, 2.45) is 0 Å². The molecule has 0 rings (SSSR count). The van der Waals surface area contributed by atoms with Crippen molar-refractivity contribution in [3.8, 4) is 0 Å². The molecule has 0 bridgehead atoms. The number of nitrogens with zero attached hydrogens (tertiary/aromatic N) is 1. The third-order valence-corrected chi connectivity index (χ3v) is 1.30. The first kappa shape index (κ1) is 11.7. The van der Waals surface area contributed by atoms with Crippen LogP contribution in [-0.4, -0.2) is 37.0 Å². The fourth-order valence-electron chi connectivity index (χ4n) is 0.825. The van der Waals surface area contributed by atoms with Crippen LogP contribution in [0.15, 0.2) is 12.2 Å². The zero-order valence-electron chi connectivity index (χ0n) is 8.29. The fraction of sp³-hybridized carbons (Fsp3) is 0.556. The molecule has 0 fully saturated rings. The summed E-state index contributed by atoms with van der Waals surface area (Å²) in [5.74, 6) is -1.45. The number of rotatable bonds is 3. The highest BCUT2D eigenvalue weighted by molar-refractivity contribution is 6.32. The van der Waals surface area contributed by atoms with Gasteiger partial charge in [0, 0.05) is 13.6 Å². The zero-order valence-corrected chi connectivity index (χ0v) is 8.29. The van der Waals surface area contributed by atoms with Crippen molar-refractivity contribution in [1.29, 1.82) is 0 Å². The summed E-state index contributed by atoms with van der Waals surface area (Å²) in [5, 5.41) is 0. The number of carbonyl (C=O) groups excluding carboxylic acids is 2. The van der Waals surface area contributed by atoms with Crippen LogP contribution in [-0.2, 0) is 14.3 Å². The quantitative estimate of drug-likeness (QED) is 0.367. The van der Waals surface area contributed by atoms with Gasteiger partial charge in [0.2, 0.25) is 0 Å². The third kappa shape index (κ3) is 4.30. The Labute approximate surface area is 78.2 Å². The van der Waals surface area contributed by atoms with Gasteiger partial charge in [0.25, 0.3) is 0 Å². The number of ether oxygens (including phenoxy) is 1. The highest BCUT2D eigenvalue weighted by atomic mass is 16.5. The maximum Gasteiger partial charge on any atom is 0.397 e. The number of hydrogen-bond acceptors (Lipinski definition) is 3. The Balaban J connectivity index is 4.09. The molecule has 0 N–H and O–H groups in total. The Morgan fingerprint density at radius 2 is 2.00 bits per heavy atom. The van der Waals surface area contributed by atoms with Crippen LogP contribution < -0.4 is 0 Å². The average Bonchev–Trinajstić information content (AvgIpc) is 2.02. The van der Waals surface area contributed by atoms with Gasteiger partial charge in [0.1, 0.15) is 0 Å². The predicted octanol–water partition coefficient (Wildman–Crippen LogP) is 0.584. The van der Waals surface area contributed by atoms with E-state index in [1.165, 1.54) is 11.9 Å². The molecular weight excluding hydrogens is 170 g/mol. The summed E-state index contributed by atoms with van der Waals surface area (Å²) < 4.78 is 4.55. The molecule has 1 amide bonds. The first-order valence-electron chi connectivity index (χ1n) is 4.05. The van der Waals surface area contributed by atoms with E-state index in [-0.39, 0.29) is 6.61 Å². The van der Waals surface area contributed by atoms with Crippen molar-refractivity contribution < 1.29 is 14.3 Å². The summed E-state index contributed by atoms with van der Waals surface area (Å²) in [6, 6.07) is 0. The monoisotopic (exact) mass is 185 g/mol. The van der Waals surface area contributed by atoms with Crippen LogP contribution in [0.1, 0.15) is 13.8 Å². The first-order valence-corrected chi connectivity index (χ1v) is 4.05. The Morgan fingerprint density at radius 3 is 2.38 bits per heavy atom. The third-order valence-electron chi connectivity index (χ3n) is 1.30. The van der Waals surface area contributed by atoms with Crippen molar-refractivity contribution in [2.75, 3.05) is 20.2 Å². The minimum atomic E-state index is -0.814. The second-order valence-corrected chi connectivity index (χ2v) is 2.84. The number of hydrogen-bond donors (Lipinski definition) is 0. The van der Waals surface area contributed by atoms with Crippen molar-refractivity contribution in [1.82, 2.24) is 4.90 Å². The summed E-state index contributed by atoms with van der Waals surface area (Å²) in [6.07, 6.45) is 0. The zero-order chi connectivity index (χ0) is 10.4. The molecule has 0 saturated heterocycles. The Morgan fingerprint density at radius 1 is 1.46 bits per heavy atom. The van der Waals surface area contributed by atoms with Gasteiger partial charge < -0.3 is 9.64 Å². The van der Waals surface area contributed by atoms with Crippen LogP contribution in [0.4, 0.5) is 0 Å². The Hall–Kier alpha value is -1.32. The van der Waals surface area contributed by atoms with E-state index in [9.17, 15) is 9.59 Å². The first-order chi connectivity index (χ1) is 5.99. The summed E-state index contributed by atoms with van der Waals surface area (Å²) in [5.41, 5.74) is 0.820. The molecule has 0 atom stereocenters. The summed E-state index contributed by atoms with van der Waals surface area (Å²) in [7, 11) is 1.54. The largest absolute Gasteiger partial charge is 0.459 e. The second kappa shape index (κ2) is 5.35. The fourth-order valence-corrected chi connectivity index (χ4v) is 0.825. The minimum absolute atomic E-state index is 0.214. The van der Waals surface area contributed by atoms with Gasteiger partial charge in [-0.1, -0.05) is 12.2 Å². The molecule has 0 radical (unpaired) electrons. The Kier molecular flexibility index (Phi) is 4.80. The molecule has 74 valence electrons. The second-order valence-electron chi connectivity index (χ2n) is 2.84. The average molecular weight is 185 g/mol. The van der Waals surface area contributed by atoms with Gasteiger partial charge in [0.15, 0.2) is 0 Å². The van der Waals surface area contributed by atoms with Gasteiger partial charge >= 0.3 is 11.9 Å². The summed E-state index contributed by atoms with van der Waals surface area (Å²) >= 11 is 0. The lowest BCUT2D eigenvalue weighted by molar-refractivity contribution is -0.158. The van der Waals surface area contributed by atoms with Crippen LogP contribution in [0.3, 0.4) is 0 Å². The van der Waals surface area contributed by atoms with E-state index in [1.54, 1.807) is 13.8 Å². The lowest BCUT2D eigenvalue weighted by Gasteiger charge is -2.15. The number of esters is 1. The summed E-state index contributed by atoms with van der Waals surface area (Å²) in [4.78, 5) is 23.4. The molecule has 0 aromatic rings. The maximum atomic E-state index is 11.2. The van der Waals surface area contributed by atoms with E-state index in [2.05, 4.69) is 11.3 Å². The lowest BCUT2D eigenvalue weighted by atomic mass is 10.3. The smallest absolute Gasteiger partial charge is 0.397 e. The van der Waals surface area contributed by atoms with E-state index in [1.807, 2.05) is 0 Å². The van der Waals surface area contributed by atoms with Gasteiger partial charge in [0.05, 0.1) is 6.61 Å². The minimum Gasteiger partial charge on any atom is -0.459 e. The molecular formula is C9H15NO3. The molecule has 0 unspecified atom stereocenters. The molecule has 0 saturated carbocycles. The van der Waals surface area contributed by atoms with E-state index in [0.29, 0.717) is 6.54 Å². The molecule has 13 heavy (non-hydrogen) atoms. The van der Waals surface area contributed by atoms with Gasteiger partial charge in [-0.05, 0) is 13.8 Å². The van der Waals surface area contributed by atoms with Gasteiger partial charge in [-0.25, -0.2) is 4.79 Å². The summed E-state index contributed by atoms with van der Waals surface area (Å²) in [6.45, 7) is 7.67. The highest BCUT2D eigenvalue weighted by Gasteiger charge is 2.19. The standard InChI is InChI=1S/C9H15NO3/c1-5-13-9(12)8(11)10(4)6-7(2)3/h2,5-6H2,1,3-4H3. The van der Waals surface area contributed by atoms with Gasteiger partial charge in [-0.3, -0.25) is 4.79 Å². The van der Waals surface area contributed by atoms with Crippen molar-refractivity contribution in [2.45, 2.75) is 13.8 Å². The molecule has 0 aliphatic rings. The van der Waals surface area contributed by atoms with Crippen molar-refractivity contribution in [3.63, 3.8) is 0 Å². The molecule has 0 aromatic carbocycles. The molecule has 0 aromatic heterocycles. The molecule has 4 heteroatoms. The molecule has 0 heterocycles. The topological polar surface area (TPSA) is 46.6 Å². The van der Waals surface area contributed by atoms with Gasteiger partial charge in [-0.15, -0.1) is 0 Å². The number of likely N-dealkylation sites (N-methyl/N-ethyl adjacent to an activating group) is 1. The number of amides is 1. The van der Waals surface area contributed by atoms with E-state index >= 15 is 0 Å². The van der Waals surface area contributed by atoms with Crippen LogP contribution in [0.5, 0.6) is 0 Å². The van der Waals surface area contributed by atoms with Crippen LogP contribution >= 0.6 is 0 Å². The van der Waals surface area contributed by atoms with E-state index in [4.69, 9.17) is 0 Å². The van der Waals surface area contributed by atoms with Crippen LogP contribution in [0.2, 0.25) is 0 Å². The van der Waals surface area contributed by atoms with E-state index < -0.39 is 11.9 Å². The van der Waals surface area contributed by atoms with E-state index in [0.717, 1.165) is 5.57 Å². The highest BCUT2D eigenvalue weighted by Crippen LogP contribution is 1.94. The molecule has 0 aliphatic heterocycles. The molecule has 0 spiro atoms. The van der Waals surface area contributed by atoms with Crippen molar-refractivity contribution >= 4 is 11.9 Å². The maximum absolute atomic E-state index is 11.2. The molecule has 0 aliphatic carbocycles. The van der Waals surface area contributed by atoms with Crippen LogP contribution in [0, 0.1) is 0 Å². The Bertz CT molecular complexity index is 223. The molecule has 4 nitrogen and oxygen atoms in total. The lowest BCUT2D eigenvalue weighted by Crippen LogP contribution is -2.35. The van der Waals surface area contributed by atoms with Crippen molar-refractivity contribution in [3.05, 3.63) is 12.2 Å². The normalized spacial score (nSPS) is 9.15. The SMILES string of the molecule is C=C(C)CN(C)C(=O)C(=O)OCC. The van der Waals surface area contributed by atoms with Gasteiger partial charge in [-0.2, -0.15) is 0 Å². The predicted molar refractivity (Wildman–Crippen MR) is 49.1 cm³/mol. The number of carbonyl (C=O) groups is 2. The van der Waals surface area contributed by atoms with Crippen LogP contribution in [0.25, 0.3) is 0 Å².